The first-order chi connectivity index (χ1) is 8.46. The van der Waals surface area contributed by atoms with Crippen LogP contribution >= 0.6 is 22.6 Å². The lowest BCUT2D eigenvalue weighted by Crippen LogP contribution is -2.36. The van der Waals surface area contributed by atoms with Crippen LogP contribution in [-0.2, 0) is 14.6 Å². The van der Waals surface area contributed by atoms with E-state index in [0.29, 0.717) is 6.42 Å². The fraction of sp³-hybridized carbons (Fsp3) is 0.417. The van der Waals surface area contributed by atoms with Crippen molar-refractivity contribution in [1.29, 1.82) is 0 Å². The highest BCUT2D eigenvalue weighted by molar-refractivity contribution is 14.1. The molecule has 3 rings (SSSR count). The number of halogens is 1. The Morgan fingerprint density at radius 2 is 1.83 bits per heavy atom. The summed E-state index contributed by atoms with van der Waals surface area (Å²) in [6.07, 6.45) is 0.357. The molecule has 1 amide bonds. The number of carbonyl (C=O) groups excluding carboxylic acids is 1. The van der Waals surface area contributed by atoms with E-state index in [0.717, 1.165) is 9.26 Å². The maximum Gasteiger partial charge on any atom is 0.227 e. The molecule has 18 heavy (non-hydrogen) atoms. The zero-order valence-electron chi connectivity index (χ0n) is 9.54. The van der Waals surface area contributed by atoms with E-state index in [1.807, 2.05) is 24.3 Å². The second-order valence-corrected chi connectivity index (χ2v) is 8.25. The molecule has 0 aromatic heterocycles. The maximum atomic E-state index is 12.0. The van der Waals surface area contributed by atoms with Gasteiger partial charge in [-0.3, -0.25) is 4.79 Å². The Bertz CT molecular complexity index is 596. The highest BCUT2D eigenvalue weighted by Crippen LogP contribution is 2.37. The van der Waals surface area contributed by atoms with Gasteiger partial charge in [-0.05, 0) is 46.9 Å². The van der Waals surface area contributed by atoms with E-state index in [9.17, 15) is 13.2 Å². The summed E-state index contributed by atoms with van der Waals surface area (Å²) >= 11 is 2.20. The van der Waals surface area contributed by atoms with Gasteiger partial charge in [-0.2, -0.15) is 0 Å². The number of amides is 1. The second-order valence-electron chi connectivity index (χ2n) is 4.85. The van der Waals surface area contributed by atoms with Crippen LogP contribution < -0.4 is 4.90 Å². The Kier molecular flexibility index (Phi) is 2.89. The molecule has 1 aromatic carbocycles. The zero-order valence-corrected chi connectivity index (χ0v) is 12.5. The van der Waals surface area contributed by atoms with Gasteiger partial charge in [0.25, 0.3) is 0 Å². The van der Waals surface area contributed by atoms with Crippen molar-refractivity contribution in [2.45, 2.75) is 12.5 Å². The van der Waals surface area contributed by atoms with Gasteiger partial charge in [-0.1, -0.05) is 0 Å². The largest absolute Gasteiger partial charge is 0.308 e. The third-order valence-corrected chi connectivity index (χ3v) is 6.08. The molecule has 2 fully saturated rings. The van der Waals surface area contributed by atoms with Gasteiger partial charge in [0.2, 0.25) is 5.91 Å². The van der Waals surface area contributed by atoms with Gasteiger partial charge >= 0.3 is 0 Å². The number of carbonyl (C=O) groups is 1. The molecule has 0 saturated carbocycles. The van der Waals surface area contributed by atoms with Gasteiger partial charge in [-0.25, -0.2) is 8.42 Å². The Balaban J connectivity index is 1.96. The van der Waals surface area contributed by atoms with Gasteiger partial charge in [0.05, 0.1) is 17.5 Å². The van der Waals surface area contributed by atoms with Crippen LogP contribution in [0, 0.1) is 9.49 Å². The minimum atomic E-state index is -2.97. The van der Waals surface area contributed by atoms with Gasteiger partial charge in [-0.15, -0.1) is 0 Å². The summed E-state index contributed by atoms with van der Waals surface area (Å²) in [6, 6.07) is 7.46. The molecule has 2 aliphatic rings. The standard InChI is InChI=1S/C12H12INO3S/c13-9-1-3-10(4-2-9)14-11-7-18(16,17)6-8(11)5-12(14)15/h1-4,8,11H,5-7H2/t8-,11+/m0/s1. The summed E-state index contributed by atoms with van der Waals surface area (Å²) < 4.78 is 24.4. The lowest BCUT2D eigenvalue weighted by atomic mass is 10.1. The van der Waals surface area contributed by atoms with Crippen LogP contribution in [-0.4, -0.2) is 31.9 Å². The van der Waals surface area contributed by atoms with Crippen LogP contribution in [0.15, 0.2) is 24.3 Å². The number of fused-ring (bicyclic) bond motifs is 1. The van der Waals surface area contributed by atoms with Crippen molar-refractivity contribution in [2.24, 2.45) is 5.92 Å². The van der Waals surface area contributed by atoms with E-state index in [4.69, 9.17) is 0 Å². The Hall–Kier alpha value is -0.630. The summed E-state index contributed by atoms with van der Waals surface area (Å²) in [6.45, 7) is 0. The molecule has 2 heterocycles. The molecule has 2 saturated heterocycles. The van der Waals surface area contributed by atoms with Crippen molar-refractivity contribution in [3.05, 3.63) is 27.8 Å². The van der Waals surface area contributed by atoms with Crippen molar-refractivity contribution in [1.82, 2.24) is 0 Å². The summed E-state index contributed by atoms with van der Waals surface area (Å²) in [5.74, 6) is 0.280. The van der Waals surface area contributed by atoms with Crippen molar-refractivity contribution in [2.75, 3.05) is 16.4 Å². The first kappa shape index (κ1) is 12.4. The number of anilines is 1. The van der Waals surface area contributed by atoms with Gasteiger partial charge in [0.1, 0.15) is 0 Å². The summed E-state index contributed by atoms with van der Waals surface area (Å²) in [7, 11) is -2.97. The molecule has 96 valence electrons. The number of hydrogen-bond donors (Lipinski definition) is 0. The maximum absolute atomic E-state index is 12.0. The Morgan fingerprint density at radius 1 is 1.17 bits per heavy atom. The van der Waals surface area contributed by atoms with Gasteiger partial charge < -0.3 is 4.90 Å². The molecule has 2 atom stereocenters. The van der Waals surface area contributed by atoms with Crippen molar-refractivity contribution in [3.8, 4) is 0 Å². The van der Waals surface area contributed by atoms with Crippen LogP contribution in [0.5, 0.6) is 0 Å². The fourth-order valence-electron chi connectivity index (χ4n) is 2.83. The average Bonchev–Trinajstić information content (AvgIpc) is 2.70. The lowest BCUT2D eigenvalue weighted by Gasteiger charge is -2.23. The normalized spacial score (nSPS) is 29.6. The summed E-state index contributed by atoms with van der Waals surface area (Å²) in [5.41, 5.74) is 0.810. The molecule has 0 unspecified atom stereocenters. The number of rotatable bonds is 1. The quantitative estimate of drug-likeness (QED) is 0.697. The van der Waals surface area contributed by atoms with E-state index >= 15 is 0 Å². The number of hydrogen-bond acceptors (Lipinski definition) is 3. The second kappa shape index (κ2) is 4.19. The monoisotopic (exact) mass is 377 g/mol. The zero-order chi connectivity index (χ0) is 12.9. The molecule has 0 bridgehead atoms. The molecule has 0 N–H and O–H groups in total. The van der Waals surface area contributed by atoms with Crippen LogP contribution in [0.4, 0.5) is 5.69 Å². The molecule has 6 heteroatoms. The molecule has 0 aliphatic carbocycles. The SMILES string of the molecule is O=C1C[C@H]2CS(=O)(=O)C[C@H]2N1c1ccc(I)cc1. The third-order valence-electron chi connectivity index (χ3n) is 3.58. The third kappa shape index (κ3) is 2.05. The summed E-state index contributed by atoms with van der Waals surface area (Å²) in [5, 5.41) is 0. The smallest absolute Gasteiger partial charge is 0.227 e. The molecular formula is C12H12INO3S. The lowest BCUT2D eigenvalue weighted by molar-refractivity contribution is -0.117. The first-order valence-corrected chi connectivity index (χ1v) is 8.64. The highest BCUT2D eigenvalue weighted by atomic mass is 127. The molecule has 4 nitrogen and oxygen atoms in total. The van der Waals surface area contributed by atoms with E-state index in [1.165, 1.54) is 0 Å². The topological polar surface area (TPSA) is 54.5 Å². The van der Waals surface area contributed by atoms with E-state index in [2.05, 4.69) is 22.6 Å². The van der Waals surface area contributed by atoms with Crippen molar-refractivity contribution >= 4 is 44.0 Å². The Morgan fingerprint density at radius 3 is 2.50 bits per heavy atom. The van der Waals surface area contributed by atoms with Crippen LogP contribution in [0.2, 0.25) is 0 Å². The molecule has 0 radical (unpaired) electrons. The van der Waals surface area contributed by atoms with Crippen LogP contribution in [0.3, 0.4) is 0 Å². The van der Waals surface area contributed by atoms with E-state index in [1.54, 1.807) is 4.90 Å². The van der Waals surface area contributed by atoms with Crippen LogP contribution in [0.25, 0.3) is 0 Å². The fourth-order valence-corrected chi connectivity index (χ4v) is 5.26. The predicted molar refractivity (Wildman–Crippen MR) is 77.2 cm³/mol. The minimum absolute atomic E-state index is 0.0261. The summed E-state index contributed by atoms with van der Waals surface area (Å²) in [4.78, 5) is 13.7. The minimum Gasteiger partial charge on any atom is -0.308 e. The number of nitrogens with zero attached hydrogens (tertiary/aromatic N) is 1. The van der Waals surface area contributed by atoms with E-state index < -0.39 is 9.84 Å². The molecule has 2 aliphatic heterocycles. The number of sulfone groups is 1. The first-order valence-electron chi connectivity index (χ1n) is 5.74. The van der Waals surface area contributed by atoms with Crippen LogP contribution in [0.1, 0.15) is 6.42 Å². The average molecular weight is 377 g/mol. The van der Waals surface area contributed by atoms with Gasteiger partial charge in [0, 0.05) is 21.6 Å². The van der Waals surface area contributed by atoms with Gasteiger partial charge in [0.15, 0.2) is 9.84 Å². The highest BCUT2D eigenvalue weighted by Gasteiger charge is 2.49. The van der Waals surface area contributed by atoms with Crippen molar-refractivity contribution < 1.29 is 13.2 Å². The molecular weight excluding hydrogens is 365 g/mol. The van der Waals surface area contributed by atoms with E-state index in [-0.39, 0.29) is 29.4 Å². The predicted octanol–water partition coefficient (Wildman–Crippen LogP) is 1.44. The van der Waals surface area contributed by atoms with Crippen molar-refractivity contribution in [3.63, 3.8) is 0 Å². The molecule has 1 aromatic rings. The Labute approximate surface area is 119 Å². The molecule has 0 spiro atoms. The number of benzene rings is 1.